The van der Waals surface area contributed by atoms with Gasteiger partial charge >= 0.3 is 0 Å². The lowest BCUT2D eigenvalue weighted by Gasteiger charge is -2.17. The summed E-state index contributed by atoms with van der Waals surface area (Å²) < 4.78 is 5.58. The Kier molecular flexibility index (Phi) is 4.01. The molecule has 0 unspecified atom stereocenters. The molecule has 0 saturated carbocycles. The van der Waals surface area contributed by atoms with E-state index in [2.05, 4.69) is 15.0 Å². The SMILES string of the molecule is CC(C)(O)COc1ncnc2[nH]cc(CC=CC#N)c12. The lowest BCUT2D eigenvalue weighted by molar-refractivity contribution is 0.0274. The van der Waals surface area contributed by atoms with Gasteiger partial charge in [0.05, 0.1) is 17.1 Å². The van der Waals surface area contributed by atoms with Gasteiger partial charge in [0.25, 0.3) is 0 Å². The second kappa shape index (κ2) is 5.72. The standard InChI is InChI=1S/C14H16N4O2/c1-14(2,19)8-20-13-11-10(5-3-4-6-15)7-16-12(11)17-9-18-13/h3-4,7,9,19H,5,8H2,1-2H3,(H,16,17,18). The molecular weight excluding hydrogens is 256 g/mol. The molecule has 6 heteroatoms. The molecule has 0 radical (unpaired) electrons. The first-order chi connectivity index (χ1) is 9.51. The van der Waals surface area contributed by atoms with Crippen LogP contribution in [0.5, 0.6) is 5.88 Å². The zero-order chi connectivity index (χ0) is 14.6. The molecule has 2 heterocycles. The molecule has 0 aliphatic heterocycles. The molecule has 104 valence electrons. The molecule has 0 saturated heterocycles. The van der Waals surface area contributed by atoms with Crippen LogP contribution < -0.4 is 4.74 Å². The molecule has 0 aromatic carbocycles. The summed E-state index contributed by atoms with van der Waals surface area (Å²) in [4.78, 5) is 11.3. The third-order valence-electron chi connectivity index (χ3n) is 2.61. The summed E-state index contributed by atoms with van der Waals surface area (Å²) in [5, 5.41) is 19.0. The summed E-state index contributed by atoms with van der Waals surface area (Å²) >= 11 is 0. The van der Waals surface area contributed by atoms with Gasteiger partial charge in [0.15, 0.2) is 0 Å². The predicted octanol–water partition coefficient (Wildman–Crippen LogP) is 1.73. The van der Waals surface area contributed by atoms with Crippen molar-refractivity contribution >= 4 is 11.0 Å². The maximum atomic E-state index is 9.72. The van der Waals surface area contributed by atoms with E-state index in [1.165, 1.54) is 12.4 Å². The van der Waals surface area contributed by atoms with Gasteiger partial charge in [-0.3, -0.25) is 0 Å². The van der Waals surface area contributed by atoms with Gasteiger partial charge in [-0.25, -0.2) is 9.97 Å². The number of H-pyrrole nitrogens is 1. The number of nitrogens with one attached hydrogen (secondary N) is 1. The minimum absolute atomic E-state index is 0.137. The van der Waals surface area contributed by atoms with Gasteiger partial charge in [0.1, 0.15) is 18.6 Å². The number of hydrogen-bond acceptors (Lipinski definition) is 5. The van der Waals surface area contributed by atoms with E-state index in [0.717, 1.165) is 10.9 Å². The maximum Gasteiger partial charge on any atom is 0.226 e. The lowest BCUT2D eigenvalue weighted by atomic mass is 10.1. The minimum Gasteiger partial charge on any atom is -0.474 e. The summed E-state index contributed by atoms with van der Waals surface area (Å²) in [5.41, 5.74) is 0.679. The van der Waals surface area contributed by atoms with Crippen molar-refractivity contribution in [2.45, 2.75) is 25.9 Å². The van der Waals surface area contributed by atoms with Crippen molar-refractivity contribution in [3.05, 3.63) is 30.2 Å². The Hall–Kier alpha value is -2.39. The molecule has 2 N–H and O–H groups in total. The van der Waals surface area contributed by atoms with Crippen LogP contribution in [0.15, 0.2) is 24.7 Å². The van der Waals surface area contributed by atoms with E-state index in [1.54, 1.807) is 19.9 Å². The lowest BCUT2D eigenvalue weighted by Crippen LogP contribution is -2.28. The third kappa shape index (κ3) is 3.33. The van der Waals surface area contributed by atoms with Crippen LogP contribution in [0.4, 0.5) is 0 Å². The normalized spacial score (nSPS) is 11.9. The highest BCUT2D eigenvalue weighted by atomic mass is 16.5. The zero-order valence-electron chi connectivity index (χ0n) is 11.4. The molecule has 0 aliphatic rings. The predicted molar refractivity (Wildman–Crippen MR) is 74.1 cm³/mol. The Morgan fingerprint density at radius 2 is 2.30 bits per heavy atom. The summed E-state index contributed by atoms with van der Waals surface area (Å²) in [7, 11) is 0. The molecule has 0 fully saturated rings. The number of aromatic amines is 1. The van der Waals surface area contributed by atoms with Crippen LogP contribution in [-0.4, -0.2) is 32.3 Å². The Labute approximate surface area is 116 Å². The van der Waals surface area contributed by atoms with Gasteiger partial charge in [0.2, 0.25) is 5.88 Å². The number of nitriles is 1. The molecular formula is C14H16N4O2. The highest BCUT2D eigenvalue weighted by Gasteiger charge is 2.17. The second-order valence-electron chi connectivity index (χ2n) is 5.05. The van der Waals surface area contributed by atoms with Crippen LogP contribution in [0.25, 0.3) is 11.0 Å². The minimum atomic E-state index is -0.936. The molecule has 2 aromatic rings. The van der Waals surface area contributed by atoms with Crippen LogP contribution in [0.2, 0.25) is 0 Å². The molecule has 0 bridgehead atoms. The topological polar surface area (TPSA) is 94.8 Å². The Bertz CT molecular complexity index is 662. The summed E-state index contributed by atoms with van der Waals surface area (Å²) in [6.45, 7) is 3.47. The number of aromatic nitrogens is 3. The number of ether oxygens (including phenoxy) is 1. The van der Waals surface area contributed by atoms with E-state index in [9.17, 15) is 5.11 Å². The molecule has 0 amide bonds. The number of nitrogens with zero attached hydrogens (tertiary/aromatic N) is 3. The number of allylic oxidation sites excluding steroid dienone is 2. The fourth-order valence-electron chi connectivity index (χ4n) is 1.75. The molecule has 6 nitrogen and oxygen atoms in total. The highest BCUT2D eigenvalue weighted by Crippen LogP contribution is 2.26. The van der Waals surface area contributed by atoms with Gasteiger partial charge in [0, 0.05) is 12.3 Å². The first-order valence-corrected chi connectivity index (χ1v) is 6.22. The molecule has 0 spiro atoms. The fourth-order valence-corrected chi connectivity index (χ4v) is 1.75. The van der Waals surface area contributed by atoms with Gasteiger partial charge in [-0.15, -0.1) is 0 Å². The van der Waals surface area contributed by atoms with E-state index in [4.69, 9.17) is 10.00 Å². The summed E-state index contributed by atoms with van der Waals surface area (Å²) in [6.07, 6.45) is 7.00. The van der Waals surface area contributed by atoms with Crippen molar-refractivity contribution < 1.29 is 9.84 Å². The molecule has 0 aliphatic carbocycles. The van der Waals surface area contributed by atoms with Gasteiger partial charge in [-0.05, 0) is 25.8 Å². The third-order valence-corrected chi connectivity index (χ3v) is 2.61. The highest BCUT2D eigenvalue weighted by molar-refractivity contribution is 5.84. The second-order valence-corrected chi connectivity index (χ2v) is 5.05. The Morgan fingerprint density at radius 1 is 1.50 bits per heavy atom. The van der Waals surface area contributed by atoms with Crippen molar-refractivity contribution in [2.75, 3.05) is 6.61 Å². The first kappa shape index (κ1) is 14.0. The smallest absolute Gasteiger partial charge is 0.226 e. The van der Waals surface area contributed by atoms with Crippen molar-refractivity contribution in [2.24, 2.45) is 0 Å². The monoisotopic (exact) mass is 272 g/mol. The number of fused-ring (bicyclic) bond motifs is 1. The van der Waals surface area contributed by atoms with E-state index in [0.29, 0.717) is 17.9 Å². The quantitative estimate of drug-likeness (QED) is 0.808. The zero-order valence-corrected chi connectivity index (χ0v) is 11.4. The average Bonchev–Trinajstić information content (AvgIpc) is 2.80. The molecule has 2 rings (SSSR count). The maximum absolute atomic E-state index is 9.72. The van der Waals surface area contributed by atoms with Crippen LogP contribution in [-0.2, 0) is 6.42 Å². The van der Waals surface area contributed by atoms with Crippen molar-refractivity contribution in [3.8, 4) is 11.9 Å². The average molecular weight is 272 g/mol. The Balaban J connectivity index is 2.32. The molecule has 2 aromatic heterocycles. The Morgan fingerprint density at radius 3 is 3.00 bits per heavy atom. The number of rotatable bonds is 5. The largest absolute Gasteiger partial charge is 0.474 e. The van der Waals surface area contributed by atoms with Gasteiger partial charge in [-0.2, -0.15) is 5.26 Å². The van der Waals surface area contributed by atoms with Crippen LogP contribution in [0.1, 0.15) is 19.4 Å². The van der Waals surface area contributed by atoms with Crippen molar-refractivity contribution in [1.82, 2.24) is 15.0 Å². The summed E-state index contributed by atoms with van der Waals surface area (Å²) in [5.74, 6) is 0.429. The van der Waals surface area contributed by atoms with Crippen LogP contribution >= 0.6 is 0 Å². The van der Waals surface area contributed by atoms with Gasteiger partial charge < -0.3 is 14.8 Å². The van der Waals surface area contributed by atoms with Crippen molar-refractivity contribution in [1.29, 1.82) is 5.26 Å². The van der Waals surface area contributed by atoms with E-state index >= 15 is 0 Å². The molecule has 0 atom stereocenters. The summed E-state index contributed by atoms with van der Waals surface area (Å²) in [6, 6.07) is 1.95. The van der Waals surface area contributed by atoms with E-state index in [1.807, 2.05) is 12.3 Å². The van der Waals surface area contributed by atoms with E-state index < -0.39 is 5.60 Å². The van der Waals surface area contributed by atoms with Crippen LogP contribution in [0.3, 0.4) is 0 Å². The van der Waals surface area contributed by atoms with E-state index in [-0.39, 0.29) is 6.61 Å². The number of hydrogen-bond donors (Lipinski definition) is 2. The van der Waals surface area contributed by atoms with Crippen molar-refractivity contribution in [3.63, 3.8) is 0 Å². The number of aliphatic hydroxyl groups is 1. The first-order valence-electron chi connectivity index (χ1n) is 6.22. The fraction of sp³-hybridized carbons (Fsp3) is 0.357. The van der Waals surface area contributed by atoms with Gasteiger partial charge in [-0.1, -0.05) is 6.08 Å². The van der Waals surface area contributed by atoms with Crippen LogP contribution in [0, 0.1) is 11.3 Å². The molecule has 20 heavy (non-hydrogen) atoms.